The molecule has 1 amide bonds. The lowest BCUT2D eigenvalue weighted by atomic mass is 10.1. The van der Waals surface area contributed by atoms with Gasteiger partial charge in [0, 0.05) is 0 Å². The first-order valence-electron chi connectivity index (χ1n) is 7.96. The van der Waals surface area contributed by atoms with Gasteiger partial charge in [-0.1, -0.05) is 23.8 Å². The third-order valence-electron chi connectivity index (χ3n) is 3.51. The lowest BCUT2D eigenvalue weighted by Gasteiger charge is -2.11. The maximum atomic E-state index is 13.4. The van der Waals surface area contributed by atoms with Crippen LogP contribution in [0.5, 0.6) is 5.75 Å². The van der Waals surface area contributed by atoms with Gasteiger partial charge < -0.3 is 14.8 Å². The van der Waals surface area contributed by atoms with Crippen molar-refractivity contribution in [2.24, 2.45) is 0 Å². The standard InChI is InChI=1S/C19H19F2NO4/c1-12-6-7-16(13(2)10-12)25-9-8-22-17(23)11-26-19(24)18-14(20)4-3-5-15(18)21/h3-7,10H,8-9,11H2,1-2H3,(H,22,23). The van der Waals surface area contributed by atoms with Crippen LogP contribution in [0.2, 0.25) is 0 Å². The van der Waals surface area contributed by atoms with Gasteiger partial charge in [-0.15, -0.1) is 0 Å². The fourth-order valence-electron chi connectivity index (χ4n) is 2.26. The van der Waals surface area contributed by atoms with Crippen molar-refractivity contribution in [1.29, 1.82) is 0 Å². The molecule has 2 rings (SSSR count). The number of aryl methyl sites for hydroxylation is 2. The van der Waals surface area contributed by atoms with E-state index in [0.717, 1.165) is 29.3 Å². The SMILES string of the molecule is Cc1ccc(OCCNC(=O)COC(=O)c2c(F)cccc2F)c(C)c1. The smallest absolute Gasteiger partial charge is 0.344 e. The summed E-state index contributed by atoms with van der Waals surface area (Å²) < 4.78 is 37.0. The Balaban J connectivity index is 1.73. The van der Waals surface area contributed by atoms with E-state index >= 15 is 0 Å². The summed E-state index contributed by atoms with van der Waals surface area (Å²) in [5.41, 5.74) is 1.28. The van der Waals surface area contributed by atoms with Crippen molar-refractivity contribution in [3.8, 4) is 5.75 Å². The van der Waals surface area contributed by atoms with Gasteiger partial charge in [0.05, 0.1) is 6.54 Å². The zero-order valence-corrected chi connectivity index (χ0v) is 14.5. The molecular formula is C19H19F2NO4. The molecule has 26 heavy (non-hydrogen) atoms. The molecule has 5 nitrogen and oxygen atoms in total. The van der Waals surface area contributed by atoms with E-state index in [1.54, 1.807) is 0 Å². The van der Waals surface area contributed by atoms with Gasteiger partial charge in [-0.3, -0.25) is 4.79 Å². The number of carbonyl (C=O) groups is 2. The van der Waals surface area contributed by atoms with Crippen LogP contribution in [0, 0.1) is 25.5 Å². The highest BCUT2D eigenvalue weighted by molar-refractivity contribution is 5.91. The van der Waals surface area contributed by atoms with Crippen LogP contribution in [-0.4, -0.2) is 31.6 Å². The van der Waals surface area contributed by atoms with Crippen molar-refractivity contribution in [3.05, 3.63) is 64.7 Å². The van der Waals surface area contributed by atoms with Gasteiger partial charge in [-0.05, 0) is 37.6 Å². The van der Waals surface area contributed by atoms with E-state index in [2.05, 4.69) is 10.1 Å². The monoisotopic (exact) mass is 363 g/mol. The van der Waals surface area contributed by atoms with E-state index in [-0.39, 0.29) is 13.2 Å². The summed E-state index contributed by atoms with van der Waals surface area (Å²) in [6.07, 6.45) is 0. The van der Waals surface area contributed by atoms with Crippen LogP contribution in [0.15, 0.2) is 36.4 Å². The Labute approximate surface area is 149 Å². The van der Waals surface area contributed by atoms with Gasteiger partial charge in [0.2, 0.25) is 0 Å². The summed E-state index contributed by atoms with van der Waals surface area (Å²) in [7, 11) is 0. The molecule has 0 atom stereocenters. The molecule has 0 saturated heterocycles. The Bertz CT molecular complexity index is 788. The summed E-state index contributed by atoms with van der Waals surface area (Å²) >= 11 is 0. The highest BCUT2D eigenvalue weighted by Crippen LogP contribution is 2.18. The average molecular weight is 363 g/mol. The Morgan fingerprint density at radius 3 is 2.42 bits per heavy atom. The van der Waals surface area contributed by atoms with Crippen LogP contribution >= 0.6 is 0 Å². The van der Waals surface area contributed by atoms with Crippen LogP contribution in [0.4, 0.5) is 8.78 Å². The number of benzene rings is 2. The van der Waals surface area contributed by atoms with Gasteiger partial charge >= 0.3 is 5.97 Å². The molecular weight excluding hydrogens is 344 g/mol. The van der Waals surface area contributed by atoms with Crippen molar-refractivity contribution in [1.82, 2.24) is 5.32 Å². The molecule has 2 aromatic carbocycles. The Kier molecular flexibility index (Phi) is 6.66. The number of nitrogens with one attached hydrogen (secondary N) is 1. The summed E-state index contributed by atoms with van der Waals surface area (Å²) in [4.78, 5) is 23.3. The molecule has 0 aliphatic rings. The lowest BCUT2D eigenvalue weighted by molar-refractivity contribution is -0.124. The first-order valence-corrected chi connectivity index (χ1v) is 7.96. The molecule has 0 radical (unpaired) electrons. The number of ether oxygens (including phenoxy) is 2. The topological polar surface area (TPSA) is 64.6 Å². The Morgan fingerprint density at radius 2 is 1.77 bits per heavy atom. The summed E-state index contributed by atoms with van der Waals surface area (Å²) in [6, 6.07) is 8.74. The molecule has 0 unspecified atom stereocenters. The van der Waals surface area contributed by atoms with Gasteiger partial charge in [0.1, 0.15) is 29.6 Å². The molecule has 0 spiro atoms. The van der Waals surface area contributed by atoms with Crippen LogP contribution in [-0.2, 0) is 9.53 Å². The maximum Gasteiger partial charge on any atom is 0.344 e. The third-order valence-corrected chi connectivity index (χ3v) is 3.51. The first-order chi connectivity index (χ1) is 12.4. The lowest BCUT2D eigenvalue weighted by Crippen LogP contribution is -2.32. The molecule has 0 aliphatic carbocycles. The van der Waals surface area contributed by atoms with Gasteiger partial charge in [0.25, 0.3) is 5.91 Å². The van der Waals surface area contributed by atoms with Gasteiger partial charge in [-0.2, -0.15) is 0 Å². The van der Waals surface area contributed by atoms with Crippen LogP contribution in [0.25, 0.3) is 0 Å². The minimum absolute atomic E-state index is 0.192. The molecule has 7 heteroatoms. The van der Waals surface area contributed by atoms with E-state index < -0.39 is 35.7 Å². The Hall–Kier alpha value is -2.96. The first kappa shape index (κ1) is 19.4. The summed E-state index contributed by atoms with van der Waals surface area (Å²) in [5, 5.41) is 2.49. The van der Waals surface area contributed by atoms with Crippen molar-refractivity contribution in [2.45, 2.75) is 13.8 Å². The summed E-state index contributed by atoms with van der Waals surface area (Å²) in [5.74, 6) is -3.21. The van der Waals surface area contributed by atoms with Crippen LogP contribution in [0.1, 0.15) is 21.5 Å². The van der Waals surface area contributed by atoms with E-state index in [9.17, 15) is 18.4 Å². The predicted molar refractivity (Wildman–Crippen MR) is 91.1 cm³/mol. The minimum atomic E-state index is -1.23. The van der Waals surface area contributed by atoms with Gasteiger partial charge in [0.15, 0.2) is 6.61 Å². The number of hydrogen-bond acceptors (Lipinski definition) is 4. The van der Waals surface area contributed by atoms with Crippen molar-refractivity contribution >= 4 is 11.9 Å². The number of halogens is 2. The quantitative estimate of drug-likeness (QED) is 0.607. The van der Waals surface area contributed by atoms with Crippen molar-refractivity contribution < 1.29 is 27.8 Å². The highest BCUT2D eigenvalue weighted by Gasteiger charge is 2.19. The van der Waals surface area contributed by atoms with E-state index in [4.69, 9.17) is 4.74 Å². The molecule has 0 fully saturated rings. The number of carbonyl (C=O) groups excluding carboxylic acids is 2. The number of rotatable bonds is 7. The Morgan fingerprint density at radius 1 is 1.08 bits per heavy atom. The molecule has 2 aromatic rings. The van der Waals surface area contributed by atoms with E-state index in [1.165, 1.54) is 0 Å². The van der Waals surface area contributed by atoms with Crippen LogP contribution < -0.4 is 10.1 Å². The minimum Gasteiger partial charge on any atom is -0.491 e. The number of hydrogen-bond donors (Lipinski definition) is 1. The predicted octanol–water partition coefficient (Wildman–Crippen LogP) is 2.93. The fourth-order valence-corrected chi connectivity index (χ4v) is 2.26. The molecule has 0 heterocycles. The molecule has 0 aliphatic heterocycles. The van der Waals surface area contributed by atoms with E-state index in [0.29, 0.717) is 5.75 Å². The van der Waals surface area contributed by atoms with Gasteiger partial charge in [-0.25, -0.2) is 13.6 Å². The van der Waals surface area contributed by atoms with Crippen molar-refractivity contribution in [2.75, 3.05) is 19.8 Å². The highest BCUT2D eigenvalue weighted by atomic mass is 19.1. The normalized spacial score (nSPS) is 10.3. The molecule has 0 bridgehead atoms. The molecule has 138 valence electrons. The summed E-state index contributed by atoms with van der Waals surface area (Å²) in [6.45, 7) is 3.67. The average Bonchev–Trinajstić information content (AvgIpc) is 2.58. The molecule has 0 saturated carbocycles. The van der Waals surface area contributed by atoms with E-state index in [1.807, 2.05) is 32.0 Å². The zero-order valence-electron chi connectivity index (χ0n) is 14.5. The second kappa shape index (κ2) is 8.94. The van der Waals surface area contributed by atoms with Crippen molar-refractivity contribution in [3.63, 3.8) is 0 Å². The molecule has 0 aromatic heterocycles. The second-order valence-electron chi connectivity index (χ2n) is 5.64. The fraction of sp³-hybridized carbons (Fsp3) is 0.263. The number of esters is 1. The molecule has 1 N–H and O–H groups in total. The zero-order chi connectivity index (χ0) is 19.1. The second-order valence-corrected chi connectivity index (χ2v) is 5.64. The van der Waals surface area contributed by atoms with Crippen LogP contribution in [0.3, 0.4) is 0 Å². The third kappa shape index (κ3) is 5.27. The largest absolute Gasteiger partial charge is 0.491 e. The number of amides is 1. The maximum absolute atomic E-state index is 13.4.